The van der Waals surface area contributed by atoms with Crippen LogP contribution in [0.3, 0.4) is 0 Å². The number of para-hydroxylation sites is 1. The van der Waals surface area contributed by atoms with Gasteiger partial charge in [0.2, 0.25) is 10.0 Å². The number of ether oxygens (including phenoxy) is 1. The van der Waals surface area contributed by atoms with Crippen LogP contribution in [0.1, 0.15) is 5.69 Å². The number of pyridine rings is 1. The van der Waals surface area contributed by atoms with Crippen LogP contribution in [-0.2, 0) is 16.6 Å². The van der Waals surface area contributed by atoms with E-state index in [0.29, 0.717) is 17.1 Å². The maximum atomic E-state index is 11.3. The molecule has 0 spiro atoms. The van der Waals surface area contributed by atoms with Gasteiger partial charge < -0.3 is 4.74 Å². The summed E-state index contributed by atoms with van der Waals surface area (Å²) in [5, 5.41) is 14.2. The number of hydrogen-bond donors (Lipinski definition) is 1. The highest BCUT2D eigenvalue weighted by Gasteiger charge is 2.09. The van der Waals surface area contributed by atoms with Crippen molar-refractivity contribution in [3.05, 3.63) is 72.7 Å². The van der Waals surface area contributed by atoms with Gasteiger partial charge in [-0.05, 0) is 36.4 Å². The van der Waals surface area contributed by atoms with Crippen LogP contribution in [-0.4, -0.2) is 28.4 Å². The summed E-state index contributed by atoms with van der Waals surface area (Å²) in [7, 11) is -3.73. The second-order valence-electron chi connectivity index (χ2n) is 5.81. The maximum absolute atomic E-state index is 11.3. The van der Waals surface area contributed by atoms with Crippen molar-refractivity contribution >= 4 is 20.9 Å². The highest BCUT2D eigenvalue weighted by Crippen LogP contribution is 2.23. The summed E-state index contributed by atoms with van der Waals surface area (Å²) >= 11 is 0. The summed E-state index contributed by atoms with van der Waals surface area (Å²) < 4.78 is 30.0. The third-order valence-electron chi connectivity index (χ3n) is 3.94. The van der Waals surface area contributed by atoms with Crippen LogP contribution in [0.25, 0.3) is 16.6 Å². The van der Waals surface area contributed by atoms with Crippen LogP contribution in [0.5, 0.6) is 5.75 Å². The first-order chi connectivity index (χ1) is 13.0. The first-order valence-electron chi connectivity index (χ1n) is 8.02. The number of benzene rings is 2. The van der Waals surface area contributed by atoms with Gasteiger partial charge in [0.25, 0.3) is 0 Å². The van der Waals surface area contributed by atoms with Gasteiger partial charge in [0, 0.05) is 11.6 Å². The number of nitrogens with zero attached hydrogens (tertiary/aromatic N) is 4. The van der Waals surface area contributed by atoms with Crippen molar-refractivity contribution in [2.45, 2.75) is 11.5 Å². The molecule has 2 heterocycles. The minimum Gasteiger partial charge on any atom is -0.485 e. The van der Waals surface area contributed by atoms with Crippen LogP contribution in [0.4, 0.5) is 0 Å². The van der Waals surface area contributed by atoms with Gasteiger partial charge in [-0.1, -0.05) is 23.4 Å². The SMILES string of the molecule is NS(=O)(=O)c1ccc(-n2cc(COc3cccc4cccnc34)nn2)cc1. The van der Waals surface area contributed by atoms with Crippen LogP contribution in [0, 0.1) is 0 Å². The molecule has 4 rings (SSSR count). The van der Waals surface area contributed by atoms with Gasteiger partial charge in [0.15, 0.2) is 0 Å². The van der Waals surface area contributed by atoms with E-state index in [1.54, 1.807) is 24.5 Å². The molecule has 4 aromatic rings. The minimum atomic E-state index is -3.73. The Morgan fingerprint density at radius 3 is 2.59 bits per heavy atom. The first-order valence-corrected chi connectivity index (χ1v) is 9.56. The lowest BCUT2D eigenvalue weighted by molar-refractivity contribution is 0.304. The fraction of sp³-hybridized carbons (Fsp3) is 0.0556. The second-order valence-corrected chi connectivity index (χ2v) is 7.37. The number of sulfonamides is 1. The van der Waals surface area contributed by atoms with E-state index in [9.17, 15) is 8.42 Å². The molecule has 0 radical (unpaired) electrons. The lowest BCUT2D eigenvalue weighted by atomic mass is 10.2. The number of nitrogens with two attached hydrogens (primary N) is 1. The second kappa shape index (κ2) is 6.78. The van der Waals surface area contributed by atoms with Gasteiger partial charge >= 0.3 is 0 Å². The minimum absolute atomic E-state index is 0.0402. The Balaban J connectivity index is 1.51. The molecule has 2 aromatic heterocycles. The van der Waals surface area contributed by atoms with E-state index < -0.39 is 10.0 Å². The average Bonchev–Trinajstić information content (AvgIpc) is 3.15. The average molecular weight is 381 g/mol. The number of rotatable bonds is 5. The topological polar surface area (TPSA) is 113 Å². The standard InChI is InChI=1S/C18H15N5O3S/c19-27(24,25)16-8-6-15(7-9-16)23-11-14(21-22-23)12-26-17-5-1-3-13-4-2-10-20-18(13)17/h1-11H,12H2,(H2,19,24,25). The zero-order chi connectivity index (χ0) is 18.9. The Labute approximate surface area is 155 Å². The fourth-order valence-corrected chi connectivity index (χ4v) is 3.14. The molecule has 0 saturated carbocycles. The quantitative estimate of drug-likeness (QED) is 0.566. The highest BCUT2D eigenvalue weighted by molar-refractivity contribution is 7.89. The molecule has 0 unspecified atom stereocenters. The molecule has 0 amide bonds. The van der Waals surface area contributed by atoms with Crippen LogP contribution in [0.2, 0.25) is 0 Å². The lowest BCUT2D eigenvalue weighted by Gasteiger charge is -2.06. The van der Waals surface area contributed by atoms with Crippen molar-refractivity contribution in [3.63, 3.8) is 0 Å². The summed E-state index contributed by atoms with van der Waals surface area (Å²) in [5.41, 5.74) is 2.07. The largest absolute Gasteiger partial charge is 0.485 e. The summed E-state index contributed by atoms with van der Waals surface area (Å²) in [6.07, 6.45) is 3.43. The normalized spacial score (nSPS) is 11.6. The molecule has 2 N–H and O–H groups in total. The van der Waals surface area contributed by atoms with Gasteiger partial charge in [-0.2, -0.15) is 0 Å². The number of hydrogen-bond acceptors (Lipinski definition) is 6. The molecule has 27 heavy (non-hydrogen) atoms. The van der Waals surface area contributed by atoms with Crippen molar-refractivity contribution in [3.8, 4) is 11.4 Å². The summed E-state index contributed by atoms with van der Waals surface area (Å²) in [6.45, 7) is 0.227. The van der Waals surface area contributed by atoms with Gasteiger partial charge in [-0.25, -0.2) is 18.2 Å². The summed E-state index contributed by atoms with van der Waals surface area (Å²) in [4.78, 5) is 4.39. The fourth-order valence-electron chi connectivity index (χ4n) is 2.62. The van der Waals surface area contributed by atoms with Crippen molar-refractivity contribution in [1.29, 1.82) is 0 Å². The third kappa shape index (κ3) is 3.64. The van der Waals surface area contributed by atoms with Crippen molar-refractivity contribution in [1.82, 2.24) is 20.0 Å². The molecule has 2 aromatic carbocycles. The Bertz CT molecular complexity index is 1200. The van der Waals surface area contributed by atoms with Crippen molar-refractivity contribution in [2.24, 2.45) is 5.14 Å². The monoisotopic (exact) mass is 381 g/mol. The van der Waals surface area contributed by atoms with Crippen molar-refractivity contribution in [2.75, 3.05) is 0 Å². The van der Waals surface area contributed by atoms with E-state index in [4.69, 9.17) is 9.88 Å². The molecule has 8 nitrogen and oxygen atoms in total. The van der Waals surface area contributed by atoms with E-state index in [1.807, 2.05) is 30.3 Å². The van der Waals surface area contributed by atoms with E-state index in [0.717, 1.165) is 10.9 Å². The van der Waals surface area contributed by atoms with Crippen LogP contribution >= 0.6 is 0 Å². The Morgan fingerprint density at radius 1 is 1.04 bits per heavy atom. The van der Waals surface area contributed by atoms with Gasteiger partial charge in [0.05, 0.1) is 16.8 Å². The van der Waals surface area contributed by atoms with E-state index in [2.05, 4.69) is 15.3 Å². The smallest absolute Gasteiger partial charge is 0.238 e. The van der Waals surface area contributed by atoms with Gasteiger partial charge in [0.1, 0.15) is 23.6 Å². The Hall–Kier alpha value is -3.30. The Morgan fingerprint density at radius 2 is 1.81 bits per heavy atom. The predicted octanol–water partition coefficient (Wildman–Crippen LogP) is 2.04. The zero-order valence-corrected chi connectivity index (χ0v) is 14.9. The molecule has 9 heteroatoms. The zero-order valence-electron chi connectivity index (χ0n) is 14.1. The summed E-state index contributed by atoms with van der Waals surface area (Å²) in [5.74, 6) is 0.667. The molecular weight excluding hydrogens is 366 g/mol. The molecule has 136 valence electrons. The molecule has 0 aliphatic carbocycles. The predicted molar refractivity (Wildman–Crippen MR) is 98.8 cm³/mol. The molecular formula is C18H15N5O3S. The Kier molecular flexibility index (Phi) is 4.30. The van der Waals surface area contributed by atoms with Crippen LogP contribution in [0.15, 0.2) is 71.9 Å². The summed E-state index contributed by atoms with van der Waals surface area (Å²) in [6, 6.07) is 15.6. The number of fused-ring (bicyclic) bond motifs is 1. The van der Waals surface area contributed by atoms with E-state index in [-0.39, 0.29) is 11.5 Å². The molecule has 0 bridgehead atoms. The van der Waals surface area contributed by atoms with Crippen molar-refractivity contribution < 1.29 is 13.2 Å². The lowest BCUT2D eigenvalue weighted by Crippen LogP contribution is -2.12. The highest BCUT2D eigenvalue weighted by atomic mass is 32.2. The molecule has 0 aliphatic rings. The first kappa shape index (κ1) is 17.1. The van der Waals surface area contributed by atoms with Gasteiger partial charge in [-0.15, -0.1) is 5.10 Å². The number of primary sulfonamides is 1. The van der Waals surface area contributed by atoms with Gasteiger partial charge in [-0.3, -0.25) is 4.98 Å². The molecule has 0 saturated heterocycles. The van der Waals surface area contributed by atoms with Crippen LogP contribution < -0.4 is 9.88 Å². The maximum Gasteiger partial charge on any atom is 0.238 e. The third-order valence-corrected chi connectivity index (χ3v) is 4.87. The number of aromatic nitrogens is 4. The molecule has 0 fully saturated rings. The molecule has 0 aliphatic heterocycles. The van der Waals surface area contributed by atoms with E-state index in [1.165, 1.54) is 16.8 Å². The molecule has 0 atom stereocenters. The van der Waals surface area contributed by atoms with E-state index >= 15 is 0 Å².